The van der Waals surface area contributed by atoms with Gasteiger partial charge < -0.3 is 5.32 Å². The molecule has 0 spiro atoms. The van der Waals surface area contributed by atoms with Crippen molar-refractivity contribution in [2.45, 2.75) is 46.0 Å². The zero-order valence-electron chi connectivity index (χ0n) is 22.5. The molecule has 1 aromatic carbocycles. The Bertz CT molecular complexity index is 1250. The van der Waals surface area contributed by atoms with Crippen LogP contribution in [0.1, 0.15) is 56.4 Å². The molecule has 0 saturated heterocycles. The van der Waals surface area contributed by atoms with Gasteiger partial charge in [-0.05, 0) is 74.7 Å². The van der Waals surface area contributed by atoms with Crippen LogP contribution in [0.15, 0.2) is 103 Å². The molecule has 4 heteroatoms. The van der Waals surface area contributed by atoms with E-state index in [4.69, 9.17) is 4.98 Å². The van der Waals surface area contributed by atoms with Crippen LogP contribution in [0.2, 0.25) is 0 Å². The summed E-state index contributed by atoms with van der Waals surface area (Å²) < 4.78 is 13.8. The van der Waals surface area contributed by atoms with Crippen molar-refractivity contribution >= 4 is 0 Å². The van der Waals surface area contributed by atoms with E-state index in [1.54, 1.807) is 18.2 Å². The van der Waals surface area contributed by atoms with Crippen molar-refractivity contribution in [3.8, 4) is 17.3 Å². The van der Waals surface area contributed by atoms with Crippen LogP contribution in [0.25, 0.3) is 11.3 Å². The largest absolute Gasteiger partial charge is 0.319 e. The maximum atomic E-state index is 13.8. The molecule has 1 aliphatic carbocycles. The van der Waals surface area contributed by atoms with E-state index >= 15 is 0 Å². The summed E-state index contributed by atoms with van der Waals surface area (Å²) in [6, 6.07) is 13.9. The minimum absolute atomic E-state index is 0.0428. The molecule has 3 nitrogen and oxygen atoms in total. The van der Waals surface area contributed by atoms with E-state index in [0.717, 1.165) is 46.6 Å². The quantitative estimate of drug-likeness (QED) is 0.253. The van der Waals surface area contributed by atoms with Crippen molar-refractivity contribution in [3.63, 3.8) is 0 Å². The Labute approximate surface area is 222 Å². The van der Waals surface area contributed by atoms with Crippen molar-refractivity contribution < 1.29 is 4.39 Å². The van der Waals surface area contributed by atoms with Crippen LogP contribution in [-0.2, 0) is 6.42 Å². The van der Waals surface area contributed by atoms with E-state index in [-0.39, 0.29) is 17.7 Å². The van der Waals surface area contributed by atoms with Crippen LogP contribution in [-0.4, -0.2) is 18.6 Å². The first-order valence-electron chi connectivity index (χ1n) is 12.9. The molecule has 0 bridgehead atoms. The third kappa shape index (κ3) is 8.12. The number of nitriles is 1. The highest BCUT2D eigenvalue weighted by atomic mass is 19.1. The van der Waals surface area contributed by atoms with Gasteiger partial charge in [-0.25, -0.2) is 4.39 Å². The highest BCUT2D eigenvalue weighted by molar-refractivity contribution is 5.67. The minimum atomic E-state index is -0.266. The summed E-state index contributed by atoms with van der Waals surface area (Å²) in [7, 11) is 1.94. The van der Waals surface area contributed by atoms with Gasteiger partial charge in [-0.1, -0.05) is 62.4 Å². The first-order chi connectivity index (χ1) is 18.0. The van der Waals surface area contributed by atoms with Gasteiger partial charge in [-0.3, -0.25) is 4.98 Å². The van der Waals surface area contributed by atoms with Gasteiger partial charge in [0.15, 0.2) is 0 Å². The Morgan fingerprint density at radius 3 is 2.65 bits per heavy atom. The molecule has 1 heterocycles. The normalized spacial score (nSPS) is 13.7. The maximum Gasteiger partial charge on any atom is 0.124 e. The zero-order valence-corrected chi connectivity index (χ0v) is 22.5. The number of nitrogens with one attached hydrogen (secondary N) is 1. The average Bonchev–Trinajstić information content (AvgIpc) is 3.13. The Balaban J connectivity index is 0.00000235. The summed E-state index contributed by atoms with van der Waals surface area (Å²) in [6.07, 6.45) is 10.5. The molecule has 0 radical (unpaired) electrons. The summed E-state index contributed by atoms with van der Waals surface area (Å²) in [5.74, 6) is -0.0506. The van der Waals surface area contributed by atoms with Crippen LogP contribution < -0.4 is 5.32 Å². The molecule has 3 rings (SSSR count). The molecule has 0 fully saturated rings. The van der Waals surface area contributed by atoms with E-state index in [9.17, 15) is 9.65 Å². The number of hydrogen-bond donors (Lipinski definition) is 1. The third-order valence-corrected chi connectivity index (χ3v) is 6.23. The molecule has 1 aromatic heterocycles. The van der Waals surface area contributed by atoms with Gasteiger partial charge in [-0.2, -0.15) is 5.26 Å². The number of allylic oxidation sites excluding steroid dienone is 6. The highest BCUT2D eigenvalue weighted by Crippen LogP contribution is 2.34. The standard InChI is InChI=1S/C31H32FN3.C2H6/c1-5-26(29(21-34-4)22(2)3)28-17-18-31(27-15-9-7-13-24(27)20-33)35-30(28)16-10-12-23-11-6-8-14-25(32)19-23;1-2/h5-9,13-15,17-19,26,29,34H,1-2,10,12,16,21H2,3-4H3;1-2H3. The van der Waals surface area contributed by atoms with Crippen molar-refractivity contribution in [2.24, 2.45) is 5.92 Å². The maximum absolute atomic E-state index is 13.8. The Kier molecular flexibility index (Phi) is 12.2. The number of pyridine rings is 1. The number of aromatic nitrogens is 1. The second-order valence-corrected chi connectivity index (χ2v) is 8.74. The number of halogens is 1. The van der Waals surface area contributed by atoms with E-state index in [0.29, 0.717) is 18.4 Å². The van der Waals surface area contributed by atoms with Crippen LogP contribution in [0, 0.1) is 17.2 Å². The molecule has 1 aliphatic rings. The molecule has 37 heavy (non-hydrogen) atoms. The number of nitrogens with zero attached hydrogens (tertiary/aromatic N) is 2. The first-order valence-corrected chi connectivity index (χ1v) is 12.9. The van der Waals surface area contributed by atoms with Gasteiger partial charge in [0, 0.05) is 29.6 Å². The summed E-state index contributed by atoms with van der Waals surface area (Å²) in [4.78, 5) is 5.05. The highest BCUT2D eigenvalue weighted by Gasteiger charge is 2.24. The SMILES string of the molecule is C=CC(c1ccc(-c2ccccc2C#N)nc1CCCC1=C=CC=CC(F)=C1)C(CNC)C(=C)C.CC. The molecule has 0 amide bonds. The lowest BCUT2D eigenvalue weighted by Gasteiger charge is -2.27. The number of rotatable bonds is 11. The van der Waals surface area contributed by atoms with Crippen LogP contribution >= 0.6 is 0 Å². The fourth-order valence-corrected chi connectivity index (χ4v) is 4.45. The molecule has 0 saturated carbocycles. The number of aryl methyl sites for hydroxylation is 1. The molecule has 192 valence electrons. The molecular formula is C33H38FN3. The molecular weight excluding hydrogens is 457 g/mol. The molecule has 2 atom stereocenters. The summed E-state index contributed by atoms with van der Waals surface area (Å²) in [5.41, 5.74) is 9.30. The van der Waals surface area contributed by atoms with Gasteiger partial charge in [0.2, 0.25) is 0 Å². The fourth-order valence-electron chi connectivity index (χ4n) is 4.45. The van der Waals surface area contributed by atoms with Crippen molar-refractivity contribution in [1.29, 1.82) is 5.26 Å². The van der Waals surface area contributed by atoms with Crippen LogP contribution in [0.5, 0.6) is 0 Å². The van der Waals surface area contributed by atoms with E-state index in [1.807, 2.05) is 58.2 Å². The lowest BCUT2D eigenvalue weighted by atomic mass is 9.80. The number of hydrogen-bond acceptors (Lipinski definition) is 3. The third-order valence-electron chi connectivity index (χ3n) is 6.23. The first kappa shape index (κ1) is 29.5. The van der Waals surface area contributed by atoms with Crippen LogP contribution in [0.3, 0.4) is 0 Å². The zero-order chi connectivity index (χ0) is 27.2. The Hall–Kier alpha value is -3.77. The van der Waals surface area contributed by atoms with Crippen molar-refractivity contribution in [1.82, 2.24) is 10.3 Å². The fraction of sp³-hybridized carbons (Fsp3) is 0.303. The predicted octanol–water partition coefficient (Wildman–Crippen LogP) is 8.16. The lowest BCUT2D eigenvalue weighted by molar-refractivity contribution is 0.517. The molecule has 1 N–H and O–H groups in total. The average molecular weight is 496 g/mol. The van der Waals surface area contributed by atoms with Crippen LogP contribution in [0.4, 0.5) is 4.39 Å². The summed E-state index contributed by atoms with van der Waals surface area (Å²) in [6.45, 7) is 15.2. The van der Waals surface area contributed by atoms with Gasteiger partial charge in [0.1, 0.15) is 5.83 Å². The van der Waals surface area contributed by atoms with Gasteiger partial charge >= 0.3 is 0 Å². The van der Waals surface area contributed by atoms with Crippen molar-refractivity contribution in [2.75, 3.05) is 13.6 Å². The van der Waals surface area contributed by atoms with E-state index < -0.39 is 0 Å². The molecule has 0 aliphatic heterocycles. The topological polar surface area (TPSA) is 48.7 Å². The van der Waals surface area contributed by atoms with Gasteiger partial charge in [-0.15, -0.1) is 12.3 Å². The van der Waals surface area contributed by atoms with E-state index in [1.165, 1.54) is 12.2 Å². The van der Waals surface area contributed by atoms with Gasteiger partial charge in [0.25, 0.3) is 0 Å². The monoisotopic (exact) mass is 495 g/mol. The van der Waals surface area contributed by atoms with Gasteiger partial charge in [0.05, 0.1) is 17.3 Å². The summed E-state index contributed by atoms with van der Waals surface area (Å²) in [5, 5.41) is 12.9. The second kappa shape index (κ2) is 15.4. The number of benzene rings is 1. The molecule has 2 aromatic rings. The minimum Gasteiger partial charge on any atom is -0.319 e. The Morgan fingerprint density at radius 1 is 1.22 bits per heavy atom. The Morgan fingerprint density at radius 2 is 1.97 bits per heavy atom. The van der Waals surface area contributed by atoms with Crippen molar-refractivity contribution in [3.05, 3.63) is 119 Å². The van der Waals surface area contributed by atoms with E-state index in [2.05, 4.69) is 36.3 Å². The summed E-state index contributed by atoms with van der Waals surface area (Å²) >= 11 is 0. The second-order valence-electron chi connectivity index (χ2n) is 8.74. The smallest absolute Gasteiger partial charge is 0.124 e. The molecule has 2 unspecified atom stereocenters. The predicted molar refractivity (Wildman–Crippen MR) is 154 cm³/mol. The lowest BCUT2D eigenvalue weighted by Crippen LogP contribution is -2.25.